The lowest BCUT2D eigenvalue weighted by Crippen LogP contribution is -2.39. The van der Waals surface area contributed by atoms with Gasteiger partial charge in [-0.15, -0.1) is 0 Å². The first kappa shape index (κ1) is 16.5. The Bertz CT molecular complexity index is 1100. The van der Waals surface area contributed by atoms with Gasteiger partial charge >= 0.3 is 0 Å². The smallest absolute Gasteiger partial charge is 0.273 e. The highest BCUT2D eigenvalue weighted by atomic mass is 16.1. The molecule has 0 unspecified atom stereocenters. The van der Waals surface area contributed by atoms with E-state index < -0.39 is 0 Å². The standard InChI is InChI=1S/C20H22N6O/c21-7-1-9-25-10-5-14(6-11-25)26-18-15-4-8-22-19(15)23-12-16(18)24-17(20(26)27)13-2-3-13/h4,8,12-14H,1-3,5-6,9-11H2,(H,22,23). The number of aromatic nitrogens is 4. The maximum absolute atomic E-state index is 13.4. The maximum Gasteiger partial charge on any atom is 0.273 e. The molecule has 1 aliphatic carbocycles. The zero-order valence-electron chi connectivity index (χ0n) is 15.2. The number of H-pyrrole nitrogens is 1. The van der Waals surface area contributed by atoms with E-state index in [1.807, 2.05) is 16.8 Å². The van der Waals surface area contributed by atoms with Crippen molar-refractivity contribution < 1.29 is 0 Å². The van der Waals surface area contributed by atoms with Gasteiger partial charge in [0.2, 0.25) is 0 Å². The van der Waals surface area contributed by atoms with Gasteiger partial charge in [-0.2, -0.15) is 5.26 Å². The van der Waals surface area contributed by atoms with Crippen LogP contribution in [0.5, 0.6) is 0 Å². The number of nitrogens with one attached hydrogen (secondary N) is 1. The Morgan fingerprint density at radius 3 is 2.81 bits per heavy atom. The van der Waals surface area contributed by atoms with Crippen molar-refractivity contribution >= 4 is 22.1 Å². The lowest BCUT2D eigenvalue weighted by molar-refractivity contribution is 0.190. The van der Waals surface area contributed by atoms with Crippen molar-refractivity contribution in [1.82, 2.24) is 24.4 Å². The van der Waals surface area contributed by atoms with Crippen molar-refractivity contribution in [1.29, 1.82) is 5.26 Å². The third-order valence-corrected chi connectivity index (χ3v) is 5.88. The molecule has 0 bridgehead atoms. The molecule has 4 heterocycles. The first-order valence-electron chi connectivity index (χ1n) is 9.74. The van der Waals surface area contributed by atoms with Gasteiger partial charge in [0, 0.05) is 49.6 Å². The number of aromatic amines is 1. The first-order valence-corrected chi connectivity index (χ1v) is 9.74. The Morgan fingerprint density at radius 1 is 1.26 bits per heavy atom. The molecule has 0 amide bonds. The minimum absolute atomic E-state index is 0.0779. The molecule has 0 radical (unpaired) electrons. The molecule has 27 heavy (non-hydrogen) atoms. The number of rotatable bonds is 4. The minimum Gasteiger partial charge on any atom is -0.346 e. The van der Waals surface area contributed by atoms with Crippen LogP contribution in [0, 0.1) is 11.3 Å². The van der Waals surface area contributed by atoms with Crippen molar-refractivity contribution in [2.45, 2.75) is 44.1 Å². The van der Waals surface area contributed by atoms with Crippen molar-refractivity contribution in [3.63, 3.8) is 0 Å². The van der Waals surface area contributed by atoms with Gasteiger partial charge in [-0.25, -0.2) is 9.97 Å². The van der Waals surface area contributed by atoms with Crippen LogP contribution in [0.4, 0.5) is 0 Å². The van der Waals surface area contributed by atoms with Gasteiger partial charge in [0.25, 0.3) is 5.56 Å². The second-order valence-corrected chi connectivity index (χ2v) is 7.66. The van der Waals surface area contributed by atoms with Gasteiger partial charge in [-0.3, -0.25) is 4.79 Å². The zero-order valence-corrected chi connectivity index (χ0v) is 15.2. The molecule has 0 aromatic carbocycles. The summed E-state index contributed by atoms with van der Waals surface area (Å²) in [5.74, 6) is 0.311. The Morgan fingerprint density at radius 2 is 2.07 bits per heavy atom. The van der Waals surface area contributed by atoms with Crippen LogP contribution < -0.4 is 5.56 Å². The highest BCUT2D eigenvalue weighted by Crippen LogP contribution is 2.39. The molecule has 2 aliphatic rings. The molecular formula is C20H22N6O. The fourth-order valence-electron chi connectivity index (χ4n) is 4.30. The van der Waals surface area contributed by atoms with Crippen LogP contribution >= 0.6 is 0 Å². The number of hydrogen-bond donors (Lipinski definition) is 1. The van der Waals surface area contributed by atoms with Crippen LogP contribution in [0.15, 0.2) is 23.3 Å². The van der Waals surface area contributed by atoms with Crippen LogP contribution in [0.1, 0.15) is 49.8 Å². The van der Waals surface area contributed by atoms with Gasteiger partial charge in [-0.05, 0) is 31.7 Å². The molecule has 3 aromatic heterocycles. The lowest BCUT2D eigenvalue weighted by Gasteiger charge is -2.33. The number of hydrogen-bond acceptors (Lipinski definition) is 5. The molecular weight excluding hydrogens is 340 g/mol. The quantitative estimate of drug-likeness (QED) is 0.770. The summed E-state index contributed by atoms with van der Waals surface area (Å²) in [6, 6.07) is 4.37. The fraction of sp³-hybridized carbons (Fsp3) is 0.500. The van der Waals surface area contributed by atoms with Crippen molar-refractivity contribution in [3.8, 4) is 6.07 Å². The Balaban J connectivity index is 1.62. The minimum atomic E-state index is 0.0779. The summed E-state index contributed by atoms with van der Waals surface area (Å²) in [6.45, 7) is 2.65. The largest absolute Gasteiger partial charge is 0.346 e. The van der Waals surface area contributed by atoms with E-state index in [0.717, 1.165) is 67.4 Å². The monoisotopic (exact) mass is 362 g/mol. The average Bonchev–Trinajstić information content (AvgIpc) is 3.42. The summed E-state index contributed by atoms with van der Waals surface area (Å²) in [5.41, 5.74) is 3.31. The van der Waals surface area contributed by atoms with Crippen LogP contribution in [-0.2, 0) is 0 Å². The number of nitriles is 1. The molecule has 2 fully saturated rings. The van der Waals surface area contributed by atoms with Crippen molar-refractivity contribution in [2.75, 3.05) is 19.6 Å². The topological polar surface area (TPSA) is 90.6 Å². The number of nitrogens with zero attached hydrogens (tertiary/aromatic N) is 5. The normalized spacial score (nSPS) is 18.9. The molecule has 3 aromatic rings. The molecule has 7 heteroatoms. The van der Waals surface area contributed by atoms with E-state index in [9.17, 15) is 4.79 Å². The summed E-state index contributed by atoms with van der Waals surface area (Å²) >= 11 is 0. The summed E-state index contributed by atoms with van der Waals surface area (Å²) in [7, 11) is 0. The molecule has 1 saturated carbocycles. The highest BCUT2D eigenvalue weighted by Gasteiger charge is 2.32. The third-order valence-electron chi connectivity index (χ3n) is 5.88. The molecule has 1 N–H and O–H groups in total. The van der Waals surface area contributed by atoms with E-state index in [4.69, 9.17) is 10.2 Å². The van der Waals surface area contributed by atoms with Crippen LogP contribution in [0.3, 0.4) is 0 Å². The number of likely N-dealkylation sites (tertiary alicyclic amines) is 1. The maximum atomic E-state index is 13.4. The van der Waals surface area contributed by atoms with Crippen molar-refractivity contribution in [3.05, 3.63) is 34.5 Å². The first-order chi connectivity index (χ1) is 13.3. The molecule has 0 atom stereocenters. The fourth-order valence-corrected chi connectivity index (χ4v) is 4.30. The van der Waals surface area contributed by atoms with Crippen LogP contribution in [0.2, 0.25) is 0 Å². The Kier molecular flexibility index (Phi) is 3.94. The van der Waals surface area contributed by atoms with Crippen LogP contribution in [-0.4, -0.2) is 44.1 Å². The average molecular weight is 362 g/mol. The summed E-state index contributed by atoms with van der Waals surface area (Å²) < 4.78 is 2.01. The van der Waals surface area contributed by atoms with Crippen LogP contribution in [0.25, 0.3) is 22.1 Å². The summed E-state index contributed by atoms with van der Waals surface area (Å²) in [4.78, 5) is 28.1. The molecule has 7 nitrogen and oxygen atoms in total. The predicted molar refractivity (Wildman–Crippen MR) is 103 cm³/mol. The van der Waals surface area contributed by atoms with Gasteiger partial charge < -0.3 is 14.5 Å². The third kappa shape index (κ3) is 2.81. The van der Waals surface area contributed by atoms with Gasteiger partial charge in [0.1, 0.15) is 16.9 Å². The highest BCUT2D eigenvalue weighted by molar-refractivity contribution is 6.00. The van der Waals surface area contributed by atoms with E-state index >= 15 is 0 Å². The lowest BCUT2D eigenvalue weighted by atomic mass is 10.0. The number of piperidine rings is 1. The van der Waals surface area contributed by atoms with E-state index in [2.05, 4.69) is 20.9 Å². The van der Waals surface area contributed by atoms with E-state index in [1.165, 1.54) is 0 Å². The predicted octanol–water partition coefficient (Wildman–Crippen LogP) is 2.70. The van der Waals surface area contributed by atoms with Gasteiger partial charge in [0.05, 0.1) is 17.8 Å². The van der Waals surface area contributed by atoms with E-state index in [-0.39, 0.29) is 11.6 Å². The zero-order chi connectivity index (χ0) is 18.4. The second-order valence-electron chi connectivity index (χ2n) is 7.66. The number of pyridine rings is 1. The second kappa shape index (κ2) is 6.46. The Labute approximate surface area is 156 Å². The molecule has 0 spiro atoms. The van der Waals surface area contributed by atoms with Gasteiger partial charge in [-0.1, -0.05) is 0 Å². The molecule has 1 aliphatic heterocycles. The SMILES string of the molecule is N#CCCN1CCC(n2c(=O)c(C3CC3)nc3cnc4[nH]ccc4c32)CC1. The summed E-state index contributed by atoms with van der Waals surface area (Å²) in [5, 5.41) is 9.78. The molecule has 138 valence electrons. The summed E-state index contributed by atoms with van der Waals surface area (Å²) in [6.07, 6.45) is 8.17. The van der Waals surface area contributed by atoms with Gasteiger partial charge in [0.15, 0.2) is 0 Å². The van der Waals surface area contributed by atoms with E-state index in [1.54, 1.807) is 6.20 Å². The number of fused-ring (bicyclic) bond motifs is 3. The molecule has 5 rings (SSSR count). The Hall–Kier alpha value is -2.72. The van der Waals surface area contributed by atoms with Crippen molar-refractivity contribution in [2.24, 2.45) is 0 Å². The van der Waals surface area contributed by atoms with E-state index in [0.29, 0.717) is 18.0 Å². The molecule has 1 saturated heterocycles.